The van der Waals surface area contributed by atoms with Crippen molar-refractivity contribution in [1.29, 1.82) is 0 Å². The standard InChI is InChI=1S/C21H23NO2/c1-16(22-17(2)24)15-21-11-9-19(10-12-21)4-3-18-5-7-20(8-6-18)13-14-23/h5-12,16,23H,13-15H2,1-2H3,(H,22,24). The fraction of sp³-hybridized carbons (Fsp3) is 0.286. The number of hydrogen-bond acceptors (Lipinski definition) is 2. The lowest BCUT2D eigenvalue weighted by molar-refractivity contribution is -0.119. The summed E-state index contributed by atoms with van der Waals surface area (Å²) in [6.45, 7) is 3.69. The average Bonchev–Trinajstić information content (AvgIpc) is 2.55. The van der Waals surface area contributed by atoms with E-state index in [2.05, 4.69) is 17.2 Å². The fourth-order valence-corrected chi connectivity index (χ4v) is 2.50. The predicted octanol–water partition coefficient (Wildman–Crippen LogP) is 2.69. The van der Waals surface area contributed by atoms with Gasteiger partial charge in [0, 0.05) is 30.7 Å². The maximum absolute atomic E-state index is 11.0. The quantitative estimate of drug-likeness (QED) is 0.832. The molecule has 1 amide bonds. The summed E-state index contributed by atoms with van der Waals surface area (Å²) in [7, 11) is 0. The number of benzene rings is 2. The Morgan fingerprint density at radius 2 is 1.50 bits per heavy atom. The first-order valence-electron chi connectivity index (χ1n) is 8.14. The van der Waals surface area contributed by atoms with Crippen molar-refractivity contribution in [2.24, 2.45) is 0 Å². The minimum atomic E-state index is -0.00464. The Morgan fingerprint density at radius 1 is 1.00 bits per heavy atom. The zero-order valence-corrected chi connectivity index (χ0v) is 14.2. The predicted molar refractivity (Wildman–Crippen MR) is 96.6 cm³/mol. The number of amides is 1. The molecule has 0 radical (unpaired) electrons. The Kier molecular flexibility index (Phi) is 6.60. The van der Waals surface area contributed by atoms with Crippen LogP contribution >= 0.6 is 0 Å². The van der Waals surface area contributed by atoms with Gasteiger partial charge >= 0.3 is 0 Å². The van der Waals surface area contributed by atoms with Crippen LogP contribution in [0.4, 0.5) is 0 Å². The van der Waals surface area contributed by atoms with Crippen LogP contribution in [0.3, 0.4) is 0 Å². The second-order valence-corrected chi connectivity index (χ2v) is 5.92. The first kappa shape index (κ1) is 17.8. The van der Waals surface area contributed by atoms with Crippen molar-refractivity contribution in [3.63, 3.8) is 0 Å². The molecule has 0 saturated heterocycles. The molecule has 0 aliphatic heterocycles. The molecule has 3 heteroatoms. The van der Waals surface area contributed by atoms with Gasteiger partial charge in [-0.25, -0.2) is 0 Å². The summed E-state index contributed by atoms with van der Waals surface area (Å²) in [6.07, 6.45) is 1.48. The summed E-state index contributed by atoms with van der Waals surface area (Å²) >= 11 is 0. The molecule has 0 saturated carbocycles. The Bertz CT molecular complexity index is 721. The van der Waals surface area contributed by atoms with E-state index in [1.165, 1.54) is 12.5 Å². The van der Waals surface area contributed by atoms with Gasteiger partial charge in [-0.3, -0.25) is 4.79 Å². The van der Waals surface area contributed by atoms with Crippen molar-refractivity contribution in [2.45, 2.75) is 32.7 Å². The summed E-state index contributed by atoms with van der Waals surface area (Å²) in [6, 6.07) is 16.2. The number of nitrogens with one attached hydrogen (secondary N) is 1. The maximum Gasteiger partial charge on any atom is 0.217 e. The molecule has 0 heterocycles. The molecule has 0 aromatic heterocycles. The first-order chi connectivity index (χ1) is 11.6. The second-order valence-electron chi connectivity index (χ2n) is 5.92. The lowest BCUT2D eigenvalue weighted by Gasteiger charge is -2.12. The van der Waals surface area contributed by atoms with Gasteiger partial charge in [-0.05, 0) is 55.2 Å². The van der Waals surface area contributed by atoms with Gasteiger partial charge in [0.25, 0.3) is 0 Å². The molecule has 2 N–H and O–H groups in total. The van der Waals surface area contributed by atoms with Crippen LogP contribution in [0.15, 0.2) is 48.5 Å². The molecule has 0 bridgehead atoms. The Hall–Kier alpha value is -2.57. The highest BCUT2D eigenvalue weighted by Gasteiger charge is 2.04. The number of aliphatic hydroxyl groups excluding tert-OH is 1. The van der Waals surface area contributed by atoms with Gasteiger partial charge in [0.2, 0.25) is 5.91 Å². The number of hydrogen-bond donors (Lipinski definition) is 2. The van der Waals surface area contributed by atoms with Crippen LogP contribution in [-0.2, 0) is 17.6 Å². The van der Waals surface area contributed by atoms with Gasteiger partial charge < -0.3 is 10.4 Å². The number of aliphatic hydroxyl groups is 1. The number of carbonyl (C=O) groups is 1. The highest BCUT2D eigenvalue weighted by atomic mass is 16.2. The Labute approximate surface area is 143 Å². The maximum atomic E-state index is 11.0. The third-order valence-electron chi connectivity index (χ3n) is 3.65. The molecule has 3 nitrogen and oxygen atoms in total. The second kappa shape index (κ2) is 8.90. The van der Waals surface area contributed by atoms with Crippen LogP contribution in [0.5, 0.6) is 0 Å². The molecule has 2 aromatic carbocycles. The molecule has 2 rings (SSSR count). The van der Waals surface area contributed by atoms with Crippen molar-refractivity contribution in [2.75, 3.05) is 6.61 Å². The molecule has 124 valence electrons. The van der Waals surface area contributed by atoms with E-state index in [4.69, 9.17) is 5.11 Å². The molecule has 1 atom stereocenters. The minimum Gasteiger partial charge on any atom is -0.396 e. The zero-order valence-electron chi connectivity index (χ0n) is 14.2. The van der Waals surface area contributed by atoms with Crippen molar-refractivity contribution < 1.29 is 9.90 Å². The lowest BCUT2D eigenvalue weighted by Crippen LogP contribution is -2.31. The van der Waals surface area contributed by atoms with Gasteiger partial charge in [-0.2, -0.15) is 0 Å². The van der Waals surface area contributed by atoms with E-state index < -0.39 is 0 Å². The molecule has 1 unspecified atom stereocenters. The van der Waals surface area contributed by atoms with Crippen molar-refractivity contribution in [1.82, 2.24) is 5.32 Å². The Balaban J connectivity index is 1.97. The monoisotopic (exact) mass is 321 g/mol. The summed E-state index contributed by atoms with van der Waals surface area (Å²) < 4.78 is 0. The molecule has 0 fully saturated rings. The van der Waals surface area contributed by atoms with Gasteiger partial charge in [-0.1, -0.05) is 36.1 Å². The largest absolute Gasteiger partial charge is 0.396 e. The molecular formula is C21H23NO2. The SMILES string of the molecule is CC(=O)NC(C)Cc1ccc(C#Cc2ccc(CCO)cc2)cc1. The van der Waals surface area contributed by atoms with E-state index in [1.54, 1.807) is 0 Å². The van der Waals surface area contributed by atoms with E-state index in [1.807, 2.05) is 55.5 Å². The summed E-state index contributed by atoms with van der Waals surface area (Å²) in [5.41, 5.74) is 4.21. The molecule has 0 aliphatic rings. The van der Waals surface area contributed by atoms with Crippen LogP contribution in [0, 0.1) is 11.8 Å². The molecule has 0 spiro atoms. The Morgan fingerprint density at radius 3 is 1.96 bits per heavy atom. The summed E-state index contributed by atoms with van der Waals surface area (Å²) in [5, 5.41) is 11.8. The minimum absolute atomic E-state index is 0.00464. The van der Waals surface area contributed by atoms with Crippen molar-refractivity contribution >= 4 is 5.91 Å². The molecular weight excluding hydrogens is 298 g/mol. The average molecular weight is 321 g/mol. The van der Waals surface area contributed by atoms with Crippen LogP contribution in [-0.4, -0.2) is 23.7 Å². The summed E-state index contributed by atoms with van der Waals surface area (Å²) in [4.78, 5) is 11.0. The number of carbonyl (C=O) groups excluding carboxylic acids is 1. The summed E-state index contributed by atoms with van der Waals surface area (Å²) in [5.74, 6) is 6.30. The normalized spacial score (nSPS) is 11.3. The van der Waals surface area contributed by atoms with E-state index in [0.717, 1.165) is 23.1 Å². The van der Waals surface area contributed by atoms with Gasteiger partial charge in [0.1, 0.15) is 0 Å². The smallest absolute Gasteiger partial charge is 0.217 e. The van der Waals surface area contributed by atoms with Crippen LogP contribution in [0.2, 0.25) is 0 Å². The fourth-order valence-electron chi connectivity index (χ4n) is 2.50. The molecule has 0 aliphatic carbocycles. The van der Waals surface area contributed by atoms with E-state index >= 15 is 0 Å². The van der Waals surface area contributed by atoms with Gasteiger partial charge in [0.05, 0.1) is 0 Å². The molecule has 2 aromatic rings. The first-order valence-corrected chi connectivity index (χ1v) is 8.14. The number of rotatable bonds is 5. The van der Waals surface area contributed by atoms with Gasteiger partial charge in [0.15, 0.2) is 0 Å². The third-order valence-corrected chi connectivity index (χ3v) is 3.65. The zero-order chi connectivity index (χ0) is 17.4. The van der Waals surface area contributed by atoms with Crippen LogP contribution < -0.4 is 5.32 Å². The van der Waals surface area contributed by atoms with Gasteiger partial charge in [-0.15, -0.1) is 0 Å². The van der Waals surface area contributed by atoms with Crippen molar-refractivity contribution in [3.8, 4) is 11.8 Å². The van der Waals surface area contributed by atoms with E-state index in [0.29, 0.717) is 6.42 Å². The van der Waals surface area contributed by atoms with Crippen LogP contribution in [0.25, 0.3) is 0 Å². The highest BCUT2D eigenvalue weighted by Crippen LogP contribution is 2.08. The van der Waals surface area contributed by atoms with E-state index in [9.17, 15) is 4.79 Å². The highest BCUT2D eigenvalue weighted by molar-refractivity contribution is 5.73. The lowest BCUT2D eigenvalue weighted by atomic mass is 10.0. The van der Waals surface area contributed by atoms with Crippen molar-refractivity contribution in [3.05, 3.63) is 70.8 Å². The van der Waals surface area contributed by atoms with Crippen LogP contribution in [0.1, 0.15) is 36.1 Å². The molecule has 24 heavy (non-hydrogen) atoms. The third kappa shape index (κ3) is 5.91. The topological polar surface area (TPSA) is 49.3 Å². The van der Waals surface area contributed by atoms with E-state index in [-0.39, 0.29) is 18.6 Å².